The molecule has 1 unspecified atom stereocenters. The number of piperidine rings is 1. The number of aromatic nitrogens is 2. The van der Waals surface area contributed by atoms with Gasteiger partial charge in [-0.25, -0.2) is 14.8 Å². The number of methoxy groups -OCH3 is 1. The van der Waals surface area contributed by atoms with Gasteiger partial charge in [0.25, 0.3) is 0 Å². The molecule has 8 heteroatoms. The SMILES string of the molecule is COC(=O)C1CCCCN1c1ncc([N+](=O)[O-])cn1. The molecule has 2 heterocycles. The molecular formula is C11H14N4O4. The molecule has 0 bridgehead atoms. The Kier molecular flexibility index (Phi) is 3.88. The largest absolute Gasteiger partial charge is 0.467 e. The van der Waals surface area contributed by atoms with Crippen molar-refractivity contribution in [2.75, 3.05) is 18.6 Å². The smallest absolute Gasteiger partial charge is 0.328 e. The van der Waals surface area contributed by atoms with Crippen LogP contribution in [0.4, 0.5) is 11.6 Å². The molecule has 0 N–H and O–H groups in total. The van der Waals surface area contributed by atoms with Crippen LogP contribution in [0.25, 0.3) is 0 Å². The first kappa shape index (κ1) is 13.2. The Hall–Kier alpha value is -2.25. The molecule has 0 amide bonds. The molecule has 1 saturated heterocycles. The fourth-order valence-electron chi connectivity index (χ4n) is 2.11. The van der Waals surface area contributed by atoms with E-state index in [1.165, 1.54) is 7.11 Å². The Bertz CT molecular complexity index is 476. The number of rotatable bonds is 3. The fourth-order valence-corrected chi connectivity index (χ4v) is 2.11. The molecule has 0 aromatic carbocycles. The number of hydrogen-bond donors (Lipinski definition) is 0. The van der Waals surface area contributed by atoms with Crippen molar-refractivity contribution in [2.24, 2.45) is 0 Å². The van der Waals surface area contributed by atoms with Gasteiger partial charge in [-0.1, -0.05) is 0 Å². The molecule has 2 rings (SSSR count). The Morgan fingerprint density at radius 2 is 2.16 bits per heavy atom. The summed E-state index contributed by atoms with van der Waals surface area (Å²) in [5.74, 6) is -0.0117. The highest BCUT2D eigenvalue weighted by molar-refractivity contribution is 5.79. The van der Waals surface area contributed by atoms with Crippen molar-refractivity contribution in [1.29, 1.82) is 0 Å². The summed E-state index contributed by atoms with van der Waals surface area (Å²) in [4.78, 5) is 31.3. The Labute approximate surface area is 109 Å². The van der Waals surface area contributed by atoms with E-state index in [4.69, 9.17) is 4.74 Å². The molecule has 0 radical (unpaired) electrons. The van der Waals surface area contributed by atoms with Crippen LogP contribution in [0.1, 0.15) is 19.3 Å². The van der Waals surface area contributed by atoms with E-state index in [1.807, 2.05) is 0 Å². The topological polar surface area (TPSA) is 98.5 Å². The maximum atomic E-state index is 11.7. The van der Waals surface area contributed by atoms with Gasteiger partial charge in [0, 0.05) is 6.54 Å². The molecule has 1 fully saturated rings. The van der Waals surface area contributed by atoms with Crippen molar-refractivity contribution in [3.8, 4) is 0 Å². The minimum Gasteiger partial charge on any atom is -0.467 e. The molecule has 0 aliphatic carbocycles. The lowest BCUT2D eigenvalue weighted by Gasteiger charge is -2.33. The van der Waals surface area contributed by atoms with Gasteiger partial charge in [-0.05, 0) is 19.3 Å². The third-order valence-electron chi connectivity index (χ3n) is 3.07. The van der Waals surface area contributed by atoms with Gasteiger partial charge >= 0.3 is 11.7 Å². The van der Waals surface area contributed by atoms with Gasteiger partial charge in [-0.2, -0.15) is 0 Å². The molecule has 1 aromatic rings. The van der Waals surface area contributed by atoms with Crippen LogP contribution >= 0.6 is 0 Å². The third-order valence-corrected chi connectivity index (χ3v) is 3.07. The number of esters is 1. The number of hydrogen-bond acceptors (Lipinski definition) is 7. The molecule has 0 spiro atoms. The summed E-state index contributed by atoms with van der Waals surface area (Å²) in [5, 5.41) is 10.5. The standard InChI is InChI=1S/C11H14N4O4/c1-19-10(16)9-4-2-3-5-14(9)11-12-6-8(7-13-11)15(17)18/h6-7,9H,2-5H2,1H3. The molecule has 8 nitrogen and oxygen atoms in total. The van der Waals surface area contributed by atoms with Crippen LogP contribution in [0, 0.1) is 10.1 Å². The first-order chi connectivity index (χ1) is 9.13. The van der Waals surface area contributed by atoms with Crippen LogP contribution in [0.3, 0.4) is 0 Å². The molecule has 1 atom stereocenters. The fraction of sp³-hybridized carbons (Fsp3) is 0.545. The lowest BCUT2D eigenvalue weighted by Crippen LogP contribution is -2.46. The first-order valence-corrected chi connectivity index (χ1v) is 5.94. The zero-order valence-electron chi connectivity index (χ0n) is 10.5. The molecule has 102 valence electrons. The molecule has 1 aliphatic heterocycles. The molecule has 1 aromatic heterocycles. The van der Waals surface area contributed by atoms with Crippen molar-refractivity contribution in [3.05, 3.63) is 22.5 Å². The minimum atomic E-state index is -0.558. The average Bonchev–Trinajstić information content (AvgIpc) is 2.46. The first-order valence-electron chi connectivity index (χ1n) is 5.94. The highest BCUT2D eigenvalue weighted by atomic mass is 16.6. The van der Waals surface area contributed by atoms with E-state index < -0.39 is 11.0 Å². The quantitative estimate of drug-likeness (QED) is 0.455. The maximum absolute atomic E-state index is 11.7. The lowest BCUT2D eigenvalue weighted by atomic mass is 10.0. The molecule has 1 aliphatic rings. The number of nitro groups is 1. The van der Waals surface area contributed by atoms with E-state index in [0.717, 1.165) is 25.2 Å². The second kappa shape index (κ2) is 5.59. The highest BCUT2D eigenvalue weighted by Gasteiger charge is 2.31. The van der Waals surface area contributed by atoms with Gasteiger partial charge in [0.1, 0.15) is 18.4 Å². The minimum absolute atomic E-state index is 0.171. The third kappa shape index (κ3) is 2.78. The van der Waals surface area contributed by atoms with Crippen molar-refractivity contribution >= 4 is 17.6 Å². The Balaban J connectivity index is 2.22. The number of carbonyl (C=O) groups excluding carboxylic acids is 1. The van der Waals surface area contributed by atoms with Crippen molar-refractivity contribution in [1.82, 2.24) is 9.97 Å². The summed E-state index contributed by atoms with van der Waals surface area (Å²) >= 11 is 0. The summed E-state index contributed by atoms with van der Waals surface area (Å²) in [6, 6.07) is -0.416. The molecule has 0 saturated carbocycles. The summed E-state index contributed by atoms with van der Waals surface area (Å²) in [6.07, 6.45) is 4.82. The predicted molar refractivity (Wildman–Crippen MR) is 65.7 cm³/mol. The van der Waals surface area contributed by atoms with Crippen LogP contribution in [0.15, 0.2) is 12.4 Å². The van der Waals surface area contributed by atoms with E-state index >= 15 is 0 Å². The van der Waals surface area contributed by atoms with Crippen molar-refractivity contribution in [2.45, 2.75) is 25.3 Å². The van der Waals surface area contributed by atoms with Gasteiger partial charge < -0.3 is 9.64 Å². The average molecular weight is 266 g/mol. The van der Waals surface area contributed by atoms with Crippen molar-refractivity contribution in [3.63, 3.8) is 0 Å². The van der Waals surface area contributed by atoms with E-state index in [-0.39, 0.29) is 11.7 Å². The van der Waals surface area contributed by atoms with E-state index in [9.17, 15) is 14.9 Å². The zero-order valence-corrected chi connectivity index (χ0v) is 10.5. The van der Waals surface area contributed by atoms with E-state index in [1.54, 1.807) is 4.90 Å². The van der Waals surface area contributed by atoms with Gasteiger partial charge in [0.2, 0.25) is 5.95 Å². The number of carbonyl (C=O) groups is 1. The Morgan fingerprint density at radius 1 is 1.47 bits per heavy atom. The van der Waals surface area contributed by atoms with Crippen LogP contribution in [-0.2, 0) is 9.53 Å². The second-order valence-corrected chi connectivity index (χ2v) is 4.23. The molecular weight excluding hydrogens is 252 g/mol. The van der Waals surface area contributed by atoms with Gasteiger partial charge in [-0.3, -0.25) is 10.1 Å². The predicted octanol–water partition coefficient (Wildman–Crippen LogP) is 0.917. The molecule has 19 heavy (non-hydrogen) atoms. The van der Waals surface area contributed by atoms with Gasteiger partial charge in [0.15, 0.2) is 0 Å². The van der Waals surface area contributed by atoms with E-state index in [2.05, 4.69) is 9.97 Å². The Morgan fingerprint density at radius 3 is 2.74 bits per heavy atom. The lowest BCUT2D eigenvalue weighted by molar-refractivity contribution is -0.385. The van der Waals surface area contributed by atoms with Crippen LogP contribution in [0.5, 0.6) is 0 Å². The maximum Gasteiger partial charge on any atom is 0.328 e. The second-order valence-electron chi connectivity index (χ2n) is 4.23. The van der Waals surface area contributed by atoms with Crippen LogP contribution in [-0.4, -0.2) is 40.6 Å². The number of ether oxygens (including phenoxy) is 1. The summed E-state index contributed by atoms with van der Waals surface area (Å²) < 4.78 is 4.76. The summed E-state index contributed by atoms with van der Waals surface area (Å²) in [6.45, 7) is 0.636. The summed E-state index contributed by atoms with van der Waals surface area (Å²) in [5.41, 5.74) is -0.171. The number of nitrogens with zero attached hydrogens (tertiary/aromatic N) is 4. The van der Waals surface area contributed by atoms with Crippen LogP contribution < -0.4 is 4.90 Å². The highest BCUT2D eigenvalue weighted by Crippen LogP contribution is 2.23. The van der Waals surface area contributed by atoms with Gasteiger partial charge in [0.05, 0.1) is 12.0 Å². The number of anilines is 1. The normalized spacial score (nSPS) is 19.0. The zero-order chi connectivity index (χ0) is 13.8. The summed E-state index contributed by atoms with van der Waals surface area (Å²) in [7, 11) is 1.34. The van der Waals surface area contributed by atoms with Gasteiger partial charge in [-0.15, -0.1) is 0 Å². The monoisotopic (exact) mass is 266 g/mol. The van der Waals surface area contributed by atoms with Crippen molar-refractivity contribution < 1.29 is 14.5 Å². The van der Waals surface area contributed by atoms with E-state index in [0.29, 0.717) is 18.9 Å². The van der Waals surface area contributed by atoms with Crippen LogP contribution in [0.2, 0.25) is 0 Å².